The van der Waals surface area contributed by atoms with E-state index >= 15 is 0 Å². The van der Waals surface area contributed by atoms with Crippen molar-refractivity contribution in [2.45, 2.75) is 39.4 Å². The zero-order valence-corrected chi connectivity index (χ0v) is 18.1. The van der Waals surface area contributed by atoms with Crippen LogP contribution in [-0.2, 0) is 21.0 Å². The molecule has 0 heterocycles. The third-order valence-electron chi connectivity index (χ3n) is 4.69. The van der Waals surface area contributed by atoms with Crippen LogP contribution in [0.15, 0.2) is 42.5 Å². The molecule has 2 rings (SSSR count). The van der Waals surface area contributed by atoms with Gasteiger partial charge in [0.25, 0.3) is 0 Å². The Morgan fingerprint density at radius 2 is 1.80 bits per heavy atom. The number of hydrogen-bond donors (Lipinski definition) is 1. The first kappa shape index (κ1) is 23.7. The number of nitrogens with zero attached hydrogens (tertiary/aromatic N) is 1. The zero-order valence-electron chi connectivity index (χ0n) is 17.2. The Morgan fingerprint density at radius 1 is 1.13 bits per heavy atom. The van der Waals surface area contributed by atoms with Gasteiger partial charge in [-0.25, -0.2) is 8.42 Å². The molecule has 0 saturated carbocycles. The highest BCUT2D eigenvalue weighted by Crippen LogP contribution is 2.32. The number of halogens is 3. The molecular formula is C21H25F3N2O3S. The van der Waals surface area contributed by atoms with Crippen molar-refractivity contribution < 1.29 is 26.4 Å². The number of nitrogens with one attached hydrogen (secondary N) is 1. The third kappa shape index (κ3) is 5.98. The first-order valence-electron chi connectivity index (χ1n) is 9.34. The van der Waals surface area contributed by atoms with Gasteiger partial charge in [-0.05, 0) is 49.6 Å². The molecule has 0 saturated heterocycles. The van der Waals surface area contributed by atoms with Gasteiger partial charge in [-0.2, -0.15) is 13.2 Å². The highest BCUT2D eigenvalue weighted by atomic mass is 32.2. The minimum atomic E-state index is -4.63. The summed E-state index contributed by atoms with van der Waals surface area (Å²) in [6.07, 6.45) is -3.21. The summed E-state index contributed by atoms with van der Waals surface area (Å²) < 4.78 is 64.1. The first-order valence-corrected chi connectivity index (χ1v) is 11.2. The number of sulfonamides is 1. The second-order valence-corrected chi connectivity index (χ2v) is 9.11. The summed E-state index contributed by atoms with van der Waals surface area (Å²) in [7, 11) is -3.99. The number of benzene rings is 2. The molecule has 0 radical (unpaired) electrons. The number of amides is 1. The number of hydrogen-bond acceptors (Lipinski definition) is 3. The summed E-state index contributed by atoms with van der Waals surface area (Å²) in [5.41, 5.74) is 1.75. The number of carbonyl (C=O) groups is 1. The van der Waals surface area contributed by atoms with E-state index in [1.54, 1.807) is 0 Å². The van der Waals surface area contributed by atoms with Crippen molar-refractivity contribution in [2.75, 3.05) is 17.1 Å². The predicted molar refractivity (Wildman–Crippen MR) is 111 cm³/mol. The second kappa shape index (κ2) is 9.07. The molecule has 0 fully saturated rings. The Kier molecular flexibility index (Phi) is 7.18. The van der Waals surface area contributed by atoms with Crippen molar-refractivity contribution in [1.82, 2.24) is 5.32 Å². The van der Waals surface area contributed by atoms with Crippen molar-refractivity contribution in [3.8, 4) is 0 Å². The van der Waals surface area contributed by atoms with Crippen LogP contribution >= 0.6 is 0 Å². The molecule has 2 aromatic rings. The fraction of sp³-hybridized carbons (Fsp3) is 0.381. The number of anilines is 1. The number of rotatable bonds is 7. The van der Waals surface area contributed by atoms with Crippen LogP contribution in [0.2, 0.25) is 0 Å². The summed E-state index contributed by atoms with van der Waals surface area (Å²) in [6, 6.07) is 9.36. The van der Waals surface area contributed by atoms with E-state index in [1.165, 1.54) is 6.07 Å². The highest BCUT2D eigenvalue weighted by Gasteiger charge is 2.32. The Labute approximate surface area is 175 Å². The van der Waals surface area contributed by atoms with Gasteiger partial charge in [0.2, 0.25) is 15.9 Å². The summed E-state index contributed by atoms with van der Waals surface area (Å²) in [6.45, 7) is 5.13. The minimum Gasteiger partial charge on any atom is -0.348 e. The van der Waals surface area contributed by atoms with E-state index in [1.807, 2.05) is 39.0 Å². The average Bonchev–Trinajstić information content (AvgIpc) is 2.63. The molecule has 5 nitrogen and oxygen atoms in total. The maximum Gasteiger partial charge on any atom is 0.416 e. The molecule has 1 N–H and O–H groups in total. The molecule has 0 aliphatic rings. The molecule has 164 valence electrons. The van der Waals surface area contributed by atoms with E-state index in [0.717, 1.165) is 41.1 Å². The molecule has 1 atom stereocenters. The summed E-state index contributed by atoms with van der Waals surface area (Å²) >= 11 is 0. The van der Waals surface area contributed by atoms with Gasteiger partial charge >= 0.3 is 6.18 Å². The Hall–Kier alpha value is -2.55. The first-order chi connectivity index (χ1) is 13.8. The average molecular weight is 443 g/mol. The largest absolute Gasteiger partial charge is 0.416 e. The summed E-state index contributed by atoms with van der Waals surface area (Å²) in [5, 5.41) is 2.79. The van der Waals surface area contributed by atoms with Crippen molar-refractivity contribution >= 4 is 21.6 Å². The highest BCUT2D eigenvalue weighted by molar-refractivity contribution is 7.92. The third-order valence-corrected chi connectivity index (χ3v) is 5.83. The number of aryl methyl sites for hydroxylation is 2. The molecule has 0 bridgehead atoms. The molecule has 30 heavy (non-hydrogen) atoms. The molecule has 0 unspecified atom stereocenters. The maximum absolute atomic E-state index is 13.0. The topological polar surface area (TPSA) is 66.5 Å². The normalized spacial score (nSPS) is 13.0. The van der Waals surface area contributed by atoms with E-state index < -0.39 is 34.2 Å². The summed E-state index contributed by atoms with van der Waals surface area (Å²) in [5.74, 6) is -0.607. The van der Waals surface area contributed by atoms with E-state index in [-0.39, 0.29) is 11.7 Å². The van der Waals surface area contributed by atoms with Gasteiger partial charge < -0.3 is 5.32 Å². The van der Waals surface area contributed by atoms with Crippen LogP contribution in [-0.4, -0.2) is 27.1 Å². The van der Waals surface area contributed by atoms with Gasteiger partial charge in [-0.3, -0.25) is 9.10 Å². The van der Waals surface area contributed by atoms with Crippen LogP contribution in [0.1, 0.15) is 41.6 Å². The Bertz CT molecular complexity index is 1020. The van der Waals surface area contributed by atoms with Crippen LogP contribution in [0, 0.1) is 13.8 Å². The molecule has 0 spiro atoms. The Balaban J connectivity index is 2.28. The molecule has 0 aromatic heterocycles. The van der Waals surface area contributed by atoms with Gasteiger partial charge in [0.15, 0.2) is 0 Å². The molecule has 1 amide bonds. The van der Waals surface area contributed by atoms with Gasteiger partial charge in [-0.1, -0.05) is 36.8 Å². The lowest BCUT2D eigenvalue weighted by atomic mass is 9.97. The van der Waals surface area contributed by atoms with Crippen molar-refractivity contribution in [1.29, 1.82) is 0 Å². The fourth-order valence-corrected chi connectivity index (χ4v) is 4.07. The van der Waals surface area contributed by atoms with Crippen molar-refractivity contribution in [3.63, 3.8) is 0 Å². The maximum atomic E-state index is 13.0. The fourth-order valence-electron chi connectivity index (χ4n) is 3.22. The van der Waals surface area contributed by atoms with Crippen molar-refractivity contribution in [3.05, 3.63) is 64.7 Å². The lowest BCUT2D eigenvalue weighted by molar-refractivity contribution is -0.137. The molecule has 2 aromatic carbocycles. The Morgan fingerprint density at radius 3 is 2.33 bits per heavy atom. The molecule has 9 heteroatoms. The van der Waals surface area contributed by atoms with E-state index in [9.17, 15) is 26.4 Å². The SMILES string of the molecule is CC[C@H](NC(=O)CN(c1cccc(C(F)(F)F)c1)S(C)(=O)=O)c1ccc(C)cc1C. The van der Waals surface area contributed by atoms with Crippen LogP contribution < -0.4 is 9.62 Å². The van der Waals surface area contributed by atoms with Gasteiger partial charge in [0.05, 0.1) is 23.5 Å². The second-order valence-electron chi connectivity index (χ2n) is 7.21. The number of alkyl halides is 3. The van der Waals surface area contributed by atoms with E-state index in [2.05, 4.69) is 5.32 Å². The molecule has 0 aliphatic carbocycles. The quantitative estimate of drug-likeness (QED) is 0.693. The lowest BCUT2D eigenvalue weighted by Gasteiger charge is -2.25. The van der Waals surface area contributed by atoms with Crippen LogP contribution in [0.25, 0.3) is 0 Å². The standard InChI is InChI=1S/C21H25F3N2O3S/c1-5-19(18-10-9-14(2)11-15(18)3)25-20(27)13-26(30(4,28)29)17-8-6-7-16(12-17)21(22,23)24/h6-12,19H,5,13H2,1-4H3,(H,25,27)/t19-/m0/s1. The van der Waals surface area contributed by atoms with Crippen LogP contribution in [0.5, 0.6) is 0 Å². The smallest absolute Gasteiger partial charge is 0.348 e. The van der Waals surface area contributed by atoms with E-state index in [4.69, 9.17) is 0 Å². The minimum absolute atomic E-state index is 0.220. The monoisotopic (exact) mass is 442 g/mol. The van der Waals surface area contributed by atoms with Gasteiger partial charge in [-0.15, -0.1) is 0 Å². The van der Waals surface area contributed by atoms with Crippen LogP contribution in [0.3, 0.4) is 0 Å². The zero-order chi connectivity index (χ0) is 22.7. The van der Waals surface area contributed by atoms with Gasteiger partial charge in [0, 0.05) is 0 Å². The summed E-state index contributed by atoms with van der Waals surface area (Å²) in [4.78, 5) is 12.6. The lowest BCUT2D eigenvalue weighted by Crippen LogP contribution is -2.41. The van der Waals surface area contributed by atoms with E-state index in [0.29, 0.717) is 10.7 Å². The predicted octanol–water partition coefficient (Wildman–Crippen LogP) is 4.36. The molecule has 0 aliphatic heterocycles. The van der Waals surface area contributed by atoms with Crippen LogP contribution in [0.4, 0.5) is 18.9 Å². The van der Waals surface area contributed by atoms with Gasteiger partial charge in [0.1, 0.15) is 6.54 Å². The number of carbonyl (C=O) groups excluding carboxylic acids is 1. The molecular weight excluding hydrogens is 417 g/mol. The van der Waals surface area contributed by atoms with Crippen molar-refractivity contribution in [2.24, 2.45) is 0 Å².